The molecule has 1 unspecified atom stereocenters. The molecule has 0 heterocycles. The lowest BCUT2D eigenvalue weighted by Crippen LogP contribution is -2.38. The second-order valence-corrected chi connectivity index (χ2v) is 19.8. The topological polar surface area (TPSA) is 279 Å². The zero-order valence-corrected chi connectivity index (χ0v) is 41.3. The van der Waals surface area contributed by atoms with E-state index in [2.05, 4.69) is 35.0 Å². The van der Waals surface area contributed by atoms with E-state index in [9.17, 15) is 38.6 Å². The first-order valence-corrected chi connectivity index (χ1v) is 27.3. The molecular formula is C45H81NO16P2S. The van der Waals surface area contributed by atoms with Gasteiger partial charge in [0.25, 0.3) is 0 Å². The van der Waals surface area contributed by atoms with E-state index < -0.39 is 89.6 Å². The number of aliphatic hydroxyl groups excluding tert-OH is 2. The monoisotopic (exact) mass is 985 g/mol. The summed E-state index contributed by atoms with van der Waals surface area (Å²) in [6.45, 7) is 1.16. The maximum atomic E-state index is 13.0. The van der Waals surface area contributed by atoms with Gasteiger partial charge in [-0.3, -0.25) is 28.0 Å². The summed E-state index contributed by atoms with van der Waals surface area (Å²) >= 11 is 1.16. The highest BCUT2D eigenvalue weighted by Gasteiger charge is 2.29. The van der Waals surface area contributed by atoms with Crippen LogP contribution < -0.4 is 5.73 Å². The Labute approximate surface area is 391 Å². The van der Waals surface area contributed by atoms with Crippen molar-refractivity contribution in [1.82, 2.24) is 0 Å². The van der Waals surface area contributed by atoms with Crippen molar-refractivity contribution in [3.63, 3.8) is 0 Å². The Hall–Kier alpha value is -2.18. The highest BCUT2D eigenvalue weighted by molar-refractivity contribution is 8.00. The maximum absolute atomic E-state index is 13.0. The molecule has 0 aromatic rings. The van der Waals surface area contributed by atoms with Crippen LogP contribution in [-0.2, 0) is 46.6 Å². The highest BCUT2D eigenvalue weighted by atomic mass is 32.2. The van der Waals surface area contributed by atoms with Crippen molar-refractivity contribution in [3.8, 4) is 0 Å². The van der Waals surface area contributed by atoms with Gasteiger partial charge in [0.15, 0.2) is 6.10 Å². The summed E-state index contributed by atoms with van der Waals surface area (Å²) in [6, 6.07) is -1.22. The quantitative estimate of drug-likeness (QED) is 0.00987. The molecule has 8 N–H and O–H groups in total. The van der Waals surface area contributed by atoms with E-state index >= 15 is 0 Å². The predicted molar refractivity (Wildman–Crippen MR) is 254 cm³/mol. The van der Waals surface area contributed by atoms with E-state index in [1.807, 2.05) is 18.2 Å². The SMILES string of the molecule is CCCCC/C=C\C\C=C/C=C/C=C/[C@@H](SC[C@H](N)C(=O)OC[C@H](COP(=O)(O)OC[C@@H](O)COP(=O)(O)O)OC(=O)CCCCCCCCCCCCCCC)[C@@H](O)CCCC(=O)O. The molecular weight excluding hydrogens is 905 g/mol. The molecule has 0 aliphatic carbocycles. The number of hydrogen-bond acceptors (Lipinski definition) is 14. The van der Waals surface area contributed by atoms with Crippen molar-refractivity contribution in [3.05, 3.63) is 48.6 Å². The van der Waals surface area contributed by atoms with Crippen molar-refractivity contribution in [2.45, 2.75) is 185 Å². The Morgan fingerprint density at radius 3 is 1.85 bits per heavy atom. The number of thioether (sulfide) groups is 1. The number of phosphoric acid groups is 2. The van der Waals surface area contributed by atoms with Gasteiger partial charge in [0.05, 0.1) is 25.9 Å². The Bertz CT molecular complexity index is 1460. The number of phosphoric ester groups is 2. The first-order valence-electron chi connectivity index (χ1n) is 23.3. The summed E-state index contributed by atoms with van der Waals surface area (Å²) < 4.78 is 48.0. The van der Waals surface area contributed by atoms with Crippen LogP contribution in [0, 0.1) is 0 Å². The van der Waals surface area contributed by atoms with Crippen molar-refractivity contribution >= 4 is 45.3 Å². The molecule has 0 aliphatic rings. The summed E-state index contributed by atoms with van der Waals surface area (Å²) in [7, 11) is -9.86. The summed E-state index contributed by atoms with van der Waals surface area (Å²) in [5, 5.41) is 29.2. The molecule has 0 rings (SSSR count). The Morgan fingerprint density at radius 2 is 1.23 bits per heavy atom. The molecule has 0 amide bonds. The fourth-order valence-corrected chi connectivity index (χ4v) is 8.31. The summed E-state index contributed by atoms with van der Waals surface area (Å²) in [5.41, 5.74) is 6.15. The third kappa shape index (κ3) is 41.7. The van der Waals surface area contributed by atoms with Gasteiger partial charge < -0.3 is 45.2 Å². The molecule has 17 nitrogen and oxygen atoms in total. The summed E-state index contributed by atoms with van der Waals surface area (Å²) in [4.78, 5) is 64.6. The molecule has 0 fully saturated rings. The number of esters is 2. The van der Waals surface area contributed by atoms with E-state index in [0.717, 1.165) is 50.3 Å². The predicted octanol–water partition coefficient (Wildman–Crippen LogP) is 8.77. The second-order valence-electron chi connectivity index (χ2n) is 15.9. The number of hydrogen-bond donors (Lipinski definition) is 7. The molecule has 0 radical (unpaired) electrons. The van der Waals surface area contributed by atoms with Crippen molar-refractivity contribution < 1.29 is 76.6 Å². The number of carbonyl (C=O) groups excluding carboxylic acids is 2. The molecule has 0 spiro atoms. The Balaban J connectivity index is 5.36. The number of aliphatic carboxylic acids is 1. The lowest BCUT2D eigenvalue weighted by atomic mass is 10.0. The third-order valence-electron chi connectivity index (χ3n) is 9.71. The van der Waals surface area contributed by atoms with E-state index in [-0.39, 0.29) is 31.4 Å². The molecule has 0 aliphatic heterocycles. The van der Waals surface area contributed by atoms with Crippen LogP contribution in [0.3, 0.4) is 0 Å². The molecule has 0 saturated carbocycles. The van der Waals surface area contributed by atoms with Crippen molar-refractivity contribution in [2.75, 3.05) is 32.2 Å². The minimum absolute atomic E-state index is 0.0220. The minimum Gasteiger partial charge on any atom is -0.481 e. The lowest BCUT2D eigenvalue weighted by Gasteiger charge is -2.22. The van der Waals surface area contributed by atoms with Crippen LogP contribution in [0.4, 0.5) is 0 Å². The van der Waals surface area contributed by atoms with Gasteiger partial charge in [0, 0.05) is 23.8 Å². The zero-order chi connectivity index (χ0) is 48.6. The molecule has 0 saturated heterocycles. The Morgan fingerprint density at radius 1 is 0.662 bits per heavy atom. The van der Waals surface area contributed by atoms with E-state index in [1.165, 1.54) is 70.6 Å². The number of carboxylic acids is 1. The number of unbranched alkanes of at least 4 members (excludes halogenated alkanes) is 15. The number of aliphatic hydroxyl groups is 2. The van der Waals surface area contributed by atoms with Crippen LogP contribution in [0.1, 0.15) is 155 Å². The standard InChI is InChI=1S/C45H81NO16P2S/c1-3-5-7-9-11-13-15-17-19-21-23-25-27-32-44(51)62-39(36-61-64(56,57)60-34-38(47)33-59-63(53,54)55)35-58-45(52)40(46)37-65-42(41(48)29-28-31-43(49)50)30-26-24-22-20-18-16-14-12-10-8-6-4-2/h12,14,18,20,22,24,26,30,38-42,47-48H,3-11,13,15-17,19,21,23,25,27-29,31-37,46H2,1-2H3,(H,49,50)(H,56,57)(H2,53,54,55)/b14-12-,20-18-,24-22+,30-26+/t38-,39+,40-,41-,42+/m0/s1. The van der Waals surface area contributed by atoms with Gasteiger partial charge in [-0.05, 0) is 38.5 Å². The molecule has 0 aromatic heterocycles. The normalized spacial score (nSPS) is 15.7. The minimum atomic E-state index is -4.94. The number of nitrogens with two attached hydrogens (primary N) is 1. The number of carbonyl (C=O) groups is 3. The van der Waals surface area contributed by atoms with Crippen molar-refractivity contribution in [1.29, 1.82) is 0 Å². The number of ether oxygens (including phenoxy) is 2. The molecule has 0 aromatic carbocycles. The number of carboxylic acid groups (broad SMARTS) is 1. The number of allylic oxidation sites excluding steroid dienone is 7. The van der Waals surface area contributed by atoms with E-state index in [0.29, 0.717) is 6.42 Å². The molecule has 6 atom stereocenters. The summed E-state index contributed by atoms with van der Waals surface area (Å²) in [5.74, 6) is -2.58. The first-order chi connectivity index (χ1) is 31.0. The smallest absolute Gasteiger partial charge is 0.472 e. The van der Waals surface area contributed by atoms with Crippen LogP contribution in [0.15, 0.2) is 48.6 Å². The second kappa shape index (κ2) is 40.8. The van der Waals surface area contributed by atoms with Gasteiger partial charge in [0.2, 0.25) is 0 Å². The van der Waals surface area contributed by atoms with Gasteiger partial charge in [0.1, 0.15) is 18.8 Å². The zero-order valence-electron chi connectivity index (χ0n) is 38.7. The van der Waals surface area contributed by atoms with Gasteiger partial charge in [-0.15, -0.1) is 11.8 Å². The van der Waals surface area contributed by atoms with Crippen LogP contribution >= 0.6 is 27.4 Å². The average Bonchev–Trinajstić information content (AvgIpc) is 3.25. The molecule has 0 bridgehead atoms. The Kier molecular flexibility index (Phi) is 39.5. The molecule has 378 valence electrons. The molecule has 20 heteroatoms. The van der Waals surface area contributed by atoms with Gasteiger partial charge >= 0.3 is 33.6 Å². The maximum Gasteiger partial charge on any atom is 0.472 e. The van der Waals surface area contributed by atoms with E-state index in [4.69, 9.17) is 34.6 Å². The first kappa shape index (κ1) is 62.8. The van der Waals surface area contributed by atoms with E-state index in [1.54, 1.807) is 18.2 Å². The average molecular weight is 986 g/mol. The largest absolute Gasteiger partial charge is 0.481 e. The fourth-order valence-electron chi connectivity index (χ4n) is 6.02. The lowest BCUT2D eigenvalue weighted by molar-refractivity contribution is -0.161. The van der Waals surface area contributed by atoms with Crippen molar-refractivity contribution in [2.24, 2.45) is 5.73 Å². The highest BCUT2D eigenvalue weighted by Crippen LogP contribution is 2.44. The number of rotatable bonds is 44. The van der Waals surface area contributed by atoms with Crippen LogP contribution in [0.25, 0.3) is 0 Å². The van der Waals surface area contributed by atoms with Gasteiger partial charge in [-0.1, -0.05) is 152 Å². The van der Waals surface area contributed by atoms with Crippen LogP contribution in [0.5, 0.6) is 0 Å². The van der Waals surface area contributed by atoms with Crippen LogP contribution in [0.2, 0.25) is 0 Å². The molecule has 65 heavy (non-hydrogen) atoms. The fraction of sp³-hybridized carbons (Fsp3) is 0.756. The van der Waals surface area contributed by atoms with Gasteiger partial charge in [-0.2, -0.15) is 0 Å². The van der Waals surface area contributed by atoms with Gasteiger partial charge in [-0.25, -0.2) is 9.13 Å². The van der Waals surface area contributed by atoms with Crippen LogP contribution in [-0.4, -0.2) is 110 Å². The third-order valence-corrected chi connectivity index (χ3v) is 12.6. The summed E-state index contributed by atoms with van der Waals surface area (Å²) in [6.07, 6.45) is 31.5.